The van der Waals surface area contributed by atoms with Gasteiger partial charge in [0.1, 0.15) is 0 Å². The Morgan fingerprint density at radius 1 is 1.24 bits per heavy atom. The fourth-order valence-corrected chi connectivity index (χ4v) is 3.12. The van der Waals surface area contributed by atoms with Gasteiger partial charge in [0.15, 0.2) is 11.5 Å². The van der Waals surface area contributed by atoms with Crippen molar-refractivity contribution in [3.05, 3.63) is 18.1 Å². The van der Waals surface area contributed by atoms with Crippen molar-refractivity contribution in [2.45, 2.75) is 19.3 Å². The highest BCUT2D eigenvalue weighted by Gasteiger charge is 2.37. The summed E-state index contributed by atoms with van der Waals surface area (Å²) in [5.74, 6) is 0.983. The molecule has 3 rings (SSSR count). The van der Waals surface area contributed by atoms with Crippen molar-refractivity contribution in [2.24, 2.45) is 11.8 Å². The summed E-state index contributed by atoms with van der Waals surface area (Å²) in [6.45, 7) is 1.87. The van der Waals surface area contributed by atoms with Crippen LogP contribution in [0.2, 0.25) is 0 Å². The number of aromatic carboxylic acids is 1. The van der Waals surface area contributed by atoms with Crippen LogP contribution in [0.1, 0.15) is 29.8 Å². The Balaban J connectivity index is 1.88. The van der Waals surface area contributed by atoms with E-state index in [9.17, 15) is 4.79 Å². The molecule has 0 aromatic carbocycles. The Labute approximate surface area is 99.5 Å². The van der Waals surface area contributed by atoms with Crippen molar-refractivity contribution in [3.8, 4) is 0 Å². The van der Waals surface area contributed by atoms with Gasteiger partial charge in [-0.1, -0.05) is 6.42 Å². The quantitative estimate of drug-likeness (QED) is 0.836. The maximum atomic E-state index is 11.1. The van der Waals surface area contributed by atoms with Crippen molar-refractivity contribution >= 4 is 11.8 Å². The molecule has 0 radical (unpaired) electrons. The van der Waals surface area contributed by atoms with Gasteiger partial charge in [0.25, 0.3) is 0 Å². The minimum Gasteiger partial charge on any atom is -0.476 e. The smallest absolute Gasteiger partial charge is 0.358 e. The van der Waals surface area contributed by atoms with Gasteiger partial charge in [0.2, 0.25) is 0 Å². The molecule has 90 valence electrons. The van der Waals surface area contributed by atoms with E-state index in [0.29, 0.717) is 5.82 Å². The zero-order valence-electron chi connectivity index (χ0n) is 9.54. The van der Waals surface area contributed by atoms with Crippen LogP contribution < -0.4 is 4.90 Å². The molecule has 1 aromatic rings. The highest BCUT2D eigenvalue weighted by molar-refractivity contribution is 5.91. The van der Waals surface area contributed by atoms with E-state index in [-0.39, 0.29) is 5.69 Å². The number of anilines is 1. The van der Waals surface area contributed by atoms with Crippen LogP contribution in [0.15, 0.2) is 12.4 Å². The highest BCUT2D eigenvalue weighted by Crippen LogP contribution is 2.39. The first-order chi connectivity index (χ1) is 8.25. The molecule has 1 saturated carbocycles. The molecule has 2 aliphatic rings. The summed E-state index contributed by atoms with van der Waals surface area (Å²) in [7, 11) is 0. The topological polar surface area (TPSA) is 66.3 Å². The summed E-state index contributed by atoms with van der Waals surface area (Å²) in [6.07, 6.45) is 6.85. The minimum absolute atomic E-state index is 0.0764. The van der Waals surface area contributed by atoms with Crippen LogP contribution in [0.5, 0.6) is 0 Å². The zero-order valence-corrected chi connectivity index (χ0v) is 9.54. The predicted octanol–water partition coefficient (Wildman–Crippen LogP) is 1.41. The molecule has 5 nitrogen and oxygen atoms in total. The van der Waals surface area contributed by atoms with E-state index in [0.717, 1.165) is 24.9 Å². The molecular formula is C12H15N3O2. The van der Waals surface area contributed by atoms with Gasteiger partial charge in [-0.25, -0.2) is 14.8 Å². The van der Waals surface area contributed by atoms with Crippen molar-refractivity contribution in [3.63, 3.8) is 0 Å². The van der Waals surface area contributed by atoms with Gasteiger partial charge in [-0.2, -0.15) is 0 Å². The van der Waals surface area contributed by atoms with Crippen molar-refractivity contribution in [1.82, 2.24) is 9.97 Å². The second-order valence-electron chi connectivity index (χ2n) is 4.89. The van der Waals surface area contributed by atoms with E-state index in [1.807, 2.05) is 0 Å². The molecule has 17 heavy (non-hydrogen) atoms. The lowest BCUT2D eigenvalue weighted by atomic mass is 10.0. The second-order valence-corrected chi connectivity index (χ2v) is 4.89. The van der Waals surface area contributed by atoms with Crippen molar-refractivity contribution < 1.29 is 9.90 Å². The molecule has 0 amide bonds. The van der Waals surface area contributed by atoms with Crippen LogP contribution in [0, 0.1) is 11.8 Å². The van der Waals surface area contributed by atoms with Crippen LogP contribution in [0.3, 0.4) is 0 Å². The number of hydrogen-bond acceptors (Lipinski definition) is 4. The Morgan fingerprint density at radius 2 is 1.88 bits per heavy atom. The van der Waals surface area contributed by atoms with Gasteiger partial charge < -0.3 is 10.0 Å². The number of carbonyl (C=O) groups is 1. The molecule has 1 aromatic heterocycles. The van der Waals surface area contributed by atoms with Crippen LogP contribution in [0.25, 0.3) is 0 Å². The number of fused-ring (bicyclic) bond motifs is 1. The van der Waals surface area contributed by atoms with Gasteiger partial charge in [0.05, 0.1) is 0 Å². The number of aromatic nitrogens is 2. The molecule has 1 aliphatic carbocycles. The molecular weight excluding hydrogens is 218 g/mol. The first-order valence-corrected chi connectivity index (χ1v) is 6.05. The molecule has 1 N–H and O–H groups in total. The summed E-state index contributed by atoms with van der Waals surface area (Å²) < 4.78 is 0. The summed E-state index contributed by atoms with van der Waals surface area (Å²) in [6, 6.07) is 0. The Hall–Kier alpha value is -1.65. The van der Waals surface area contributed by atoms with Crippen LogP contribution in [-0.4, -0.2) is 34.1 Å². The number of carboxylic acids is 1. The lowest BCUT2D eigenvalue weighted by Crippen LogP contribution is -2.25. The zero-order chi connectivity index (χ0) is 11.8. The van der Waals surface area contributed by atoms with E-state index in [4.69, 9.17) is 5.11 Å². The molecule has 2 fully saturated rings. The number of nitrogens with zero attached hydrogens (tertiary/aromatic N) is 3. The molecule has 2 heterocycles. The molecule has 2 atom stereocenters. The second kappa shape index (κ2) is 3.98. The average Bonchev–Trinajstić information content (AvgIpc) is 2.88. The third kappa shape index (κ3) is 1.75. The molecule has 1 aliphatic heterocycles. The Morgan fingerprint density at radius 3 is 2.53 bits per heavy atom. The first kappa shape index (κ1) is 10.5. The van der Waals surface area contributed by atoms with E-state index < -0.39 is 5.97 Å². The average molecular weight is 233 g/mol. The van der Waals surface area contributed by atoms with Gasteiger partial charge in [-0.3, -0.25) is 0 Å². The van der Waals surface area contributed by atoms with E-state index in [1.165, 1.54) is 25.5 Å². The van der Waals surface area contributed by atoms with Gasteiger partial charge >= 0.3 is 5.97 Å². The van der Waals surface area contributed by atoms with E-state index in [2.05, 4.69) is 14.9 Å². The van der Waals surface area contributed by atoms with Gasteiger partial charge in [0, 0.05) is 25.5 Å². The van der Waals surface area contributed by atoms with E-state index >= 15 is 0 Å². The summed E-state index contributed by atoms with van der Waals surface area (Å²) in [5.41, 5.74) is 0.0764. The molecule has 2 unspecified atom stereocenters. The van der Waals surface area contributed by atoms with E-state index in [1.54, 1.807) is 6.20 Å². The summed E-state index contributed by atoms with van der Waals surface area (Å²) >= 11 is 0. The predicted molar refractivity (Wildman–Crippen MR) is 62.0 cm³/mol. The number of carboxylic acid groups (broad SMARTS) is 1. The normalized spacial score (nSPS) is 27.2. The fraction of sp³-hybridized carbons (Fsp3) is 0.583. The standard InChI is InChI=1S/C12H15N3O2/c16-12(17)10-11(14-5-4-13-10)15-6-8-2-1-3-9(8)7-15/h4-5,8-9H,1-3,6-7H2,(H,16,17). The lowest BCUT2D eigenvalue weighted by Gasteiger charge is -2.19. The van der Waals surface area contributed by atoms with Gasteiger partial charge in [-0.05, 0) is 24.7 Å². The van der Waals surface area contributed by atoms with Gasteiger partial charge in [-0.15, -0.1) is 0 Å². The Kier molecular flexibility index (Phi) is 2.46. The molecule has 0 spiro atoms. The SMILES string of the molecule is O=C(O)c1nccnc1N1CC2CCCC2C1. The number of rotatable bonds is 2. The largest absolute Gasteiger partial charge is 0.476 e. The van der Waals surface area contributed by atoms with Crippen molar-refractivity contribution in [1.29, 1.82) is 0 Å². The molecule has 5 heteroatoms. The van der Waals surface area contributed by atoms with Crippen LogP contribution >= 0.6 is 0 Å². The molecule has 0 bridgehead atoms. The third-order valence-electron chi connectivity index (χ3n) is 3.91. The molecule has 1 saturated heterocycles. The highest BCUT2D eigenvalue weighted by atomic mass is 16.4. The fourth-order valence-electron chi connectivity index (χ4n) is 3.12. The van der Waals surface area contributed by atoms with Crippen LogP contribution in [0.4, 0.5) is 5.82 Å². The van der Waals surface area contributed by atoms with Crippen molar-refractivity contribution in [2.75, 3.05) is 18.0 Å². The lowest BCUT2D eigenvalue weighted by molar-refractivity contribution is 0.0690. The summed E-state index contributed by atoms with van der Waals surface area (Å²) in [5, 5.41) is 9.10. The maximum Gasteiger partial charge on any atom is 0.358 e. The Bertz CT molecular complexity index is 437. The third-order valence-corrected chi connectivity index (χ3v) is 3.91. The number of hydrogen-bond donors (Lipinski definition) is 1. The van der Waals surface area contributed by atoms with Crippen LogP contribution in [-0.2, 0) is 0 Å². The maximum absolute atomic E-state index is 11.1. The monoisotopic (exact) mass is 233 g/mol. The first-order valence-electron chi connectivity index (χ1n) is 6.05. The summed E-state index contributed by atoms with van der Waals surface area (Å²) in [4.78, 5) is 21.3. The minimum atomic E-state index is -0.995.